The Morgan fingerprint density at radius 1 is 1.31 bits per heavy atom. The summed E-state index contributed by atoms with van der Waals surface area (Å²) < 4.78 is 32.5. The van der Waals surface area contributed by atoms with Crippen LogP contribution in [0.1, 0.15) is 53.2 Å². The summed E-state index contributed by atoms with van der Waals surface area (Å²) in [5.41, 5.74) is 0.875. The lowest BCUT2D eigenvalue weighted by Gasteiger charge is -2.31. The molecule has 1 saturated carbocycles. The Balaban J connectivity index is 1.47. The maximum Gasteiger partial charge on any atom is 0.293 e. The molecule has 0 aromatic carbocycles. The highest BCUT2D eigenvalue weighted by molar-refractivity contribution is 7.89. The van der Waals surface area contributed by atoms with Crippen molar-refractivity contribution in [2.45, 2.75) is 50.3 Å². The van der Waals surface area contributed by atoms with Gasteiger partial charge in [-0.3, -0.25) is 10.1 Å². The van der Waals surface area contributed by atoms with E-state index in [0.29, 0.717) is 24.6 Å². The van der Waals surface area contributed by atoms with Crippen molar-refractivity contribution in [2.24, 2.45) is 0 Å². The van der Waals surface area contributed by atoms with Crippen LogP contribution in [0.15, 0.2) is 22.8 Å². The molecule has 0 radical (unpaired) electrons. The van der Waals surface area contributed by atoms with Gasteiger partial charge in [0.2, 0.25) is 10.0 Å². The second-order valence-electron chi connectivity index (χ2n) is 6.71. The molecule has 0 spiro atoms. The largest absolute Gasteiger partial charge is 0.459 e. The van der Waals surface area contributed by atoms with E-state index in [-0.39, 0.29) is 16.9 Å². The third-order valence-corrected chi connectivity index (χ3v) is 8.34. The maximum absolute atomic E-state index is 12.9. The predicted molar refractivity (Wildman–Crippen MR) is 98.7 cm³/mol. The molecular weight excluding hydrogens is 374 g/mol. The van der Waals surface area contributed by atoms with Crippen molar-refractivity contribution in [3.8, 4) is 0 Å². The fourth-order valence-corrected chi connectivity index (χ4v) is 6.69. The number of hydrogen-bond acceptors (Lipinski definition) is 6. The van der Waals surface area contributed by atoms with E-state index >= 15 is 0 Å². The van der Waals surface area contributed by atoms with Crippen LogP contribution in [0.3, 0.4) is 0 Å². The van der Waals surface area contributed by atoms with Crippen LogP contribution in [0, 0.1) is 0 Å². The van der Waals surface area contributed by atoms with Crippen molar-refractivity contribution in [3.63, 3.8) is 0 Å². The standard InChI is InChI=1S/C17H21N3O4S2/c21-16(14-7-4-10-24-14)19-17-18-13-8-9-20(11-15(13)25-17)26(22,23)12-5-2-1-3-6-12/h4,7,10,12H,1-3,5-6,8-9,11H2,(H,18,19,21). The Morgan fingerprint density at radius 2 is 2.12 bits per heavy atom. The van der Waals surface area contributed by atoms with Crippen molar-refractivity contribution in [1.29, 1.82) is 0 Å². The van der Waals surface area contributed by atoms with Crippen LogP contribution in [0.2, 0.25) is 0 Å². The van der Waals surface area contributed by atoms with Gasteiger partial charge < -0.3 is 4.42 Å². The van der Waals surface area contributed by atoms with Crippen molar-refractivity contribution in [3.05, 3.63) is 34.7 Å². The minimum absolute atomic E-state index is 0.222. The summed E-state index contributed by atoms with van der Waals surface area (Å²) >= 11 is 1.34. The Labute approximate surface area is 156 Å². The quantitative estimate of drug-likeness (QED) is 0.859. The summed E-state index contributed by atoms with van der Waals surface area (Å²) in [5.74, 6) is -0.132. The fourth-order valence-electron chi connectivity index (χ4n) is 3.58. The van der Waals surface area contributed by atoms with Gasteiger partial charge in [-0.1, -0.05) is 19.3 Å². The monoisotopic (exact) mass is 395 g/mol. The molecule has 2 aromatic rings. The number of hydrogen-bond donors (Lipinski definition) is 1. The number of rotatable bonds is 4. The number of thiazole rings is 1. The number of amides is 1. The van der Waals surface area contributed by atoms with E-state index in [0.717, 1.165) is 42.7 Å². The average molecular weight is 396 g/mol. The number of carbonyl (C=O) groups is 1. The number of sulfonamides is 1. The van der Waals surface area contributed by atoms with Crippen molar-refractivity contribution >= 4 is 32.4 Å². The van der Waals surface area contributed by atoms with Crippen LogP contribution >= 0.6 is 11.3 Å². The third kappa shape index (κ3) is 3.43. The zero-order valence-corrected chi connectivity index (χ0v) is 15.9. The number of nitrogens with zero attached hydrogens (tertiary/aromatic N) is 2. The van der Waals surface area contributed by atoms with Gasteiger partial charge in [-0.05, 0) is 25.0 Å². The smallest absolute Gasteiger partial charge is 0.293 e. The number of furan rings is 1. The first-order valence-electron chi connectivity index (χ1n) is 8.86. The predicted octanol–water partition coefficient (Wildman–Crippen LogP) is 3.01. The second kappa shape index (κ2) is 7.13. The number of nitrogens with one attached hydrogen (secondary N) is 1. The highest BCUT2D eigenvalue weighted by atomic mass is 32.2. The lowest BCUT2D eigenvalue weighted by atomic mass is 10.0. The van der Waals surface area contributed by atoms with Gasteiger partial charge in [0, 0.05) is 24.4 Å². The van der Waals surface area contributed by atoms with Gasteiger partial charge in [-0.2, -0.15) is 4.31 Å². The molecule has 1 N–H and O–H groups in total. The molecule has 1 aliphatic carbocycles. The number of aromatic nitrogens is 1. The molecule has 2 aliphatic rings. The Hall–Kier alpha value is -1.71. The van der Waals surface area contributed by atoms with Crippen molar-refractivity contribution < 1.29 is 17.6 Å². The molecule has 26 heavy (non-hydrogen) atoms. The maximum atomic E-state index is 12.9. The molecule has 1 fully saturated rings. The van der Waals surface area contributed by atoms with Gasteiger partial charge in [0.1, 0.15) is 0 Å². The summed E-state index contributed by atoms with van der Waals surface area (Å²) in [5, 5.41) is 2.96. The van der Waals surface area contributed by atoms with Crippen molar-refractivity contribution in [1.82, 2.24) is 9.29 Å². The number of anilines is 1. The highest BCUT2D eigenvalue weighted by Crippen LogP contribution is 2.33. The zero-order valence-electron chi connectivity index (χ0n) is 14.3. The molecule has 0 unspecified atom stereocenters. The molecule has 1 amide bonds. The van der Waals surface area contributed by atoms with E-state index in [1.54, 1.807) is 16.4 Å². The molecule has 4 rings (SSSR count). The Morgan fingerprint density at radius 3 is 2.85 bits per heavy atom. The molecule has 1 aliphatic heterocycles. The number of carbonyl (C=O) groups excluding carboxylic acids is 1. The molecule has 3 heterocycles. The van der Waals surface area contributed by atoms with Gasteiger partial charge in [0.25, 0.3) is 5.91 Å². The van der Waals surface area contributed by atoms with Gasteiger partial charge in [-0.25, -0.2) is 13.4 Å². The molecule has 9 heteroatoms. The topological polar surface area (TPSA) is 92.5 Å². The second-order valence-corrected chi connectivity index (χ2v) is 10.0. The van der Waals surface area contributed by atoms with Crippen molar-refractivity contribution in [2.75, 3.05) is 11.9 Å². The lowest BCUT2D eigenvalue weighted by Crippen LogP contribution is -2.42. The van der Waals surface area contributed by atoms with Gasteiger partial charge in [0.05, 0.1) is 17.2 Å². The first-order valence-corrected chi connectivity index (χ1v) is 11.2. The fraction of sp³-hybridized carbons (Fsp3) is 0.529. The molecule has 2 aromatic heterocycles. The first-order chi connectivity index (χ1) is 12.5. The zero-order chi connectivity index (χ0) is 18.1. The van der Waals surface area contributed by atoms with Crippen LogP contribution in [0.5, 0.6) is 0 Å². The van der Waals surface area contributed by atoms with E-state index in [1.807, 2.05) is 0 Å². The molecular formula is C17H21N3O4S2. The van der Waals surface area contributed by atoms with Gasteiger partial charge in [0.15, 0.2) is 10.9 Å². The van der Waals surface area contributed by atoms with Gasteiger partial charge in [-0.15, -0.1) is 11.3 Å². The van der Waals surface area contributed by atoms with E-state index < -0.39 is 10.0 Å². The van der Waals surface area contributed by atoms with Gasteiger partial charge >= 0.3 is 0 Å². The lowest BCUT2D eigenvalue weighted by molar-refractivity contribution is 0.0996. The van der Waals surface area contributed by atoms with Crippen LogP contribution in [0.4, 0.5) is 5.13 Å². The number of fused-ring (bicyclic) bond motifs is 1. The molecule has 7 nitrogen and oxygen atoms in total. The summed E-state index contributed by atoms with van der Waals surface area (Å²) in [6.07, 6.45) is 6.66. The molecule has 0 saturated heterocycles. The SMILES string of the molecule is O=C(Nc1nc2c(s1)CN(S(=O)(=O)C1CCCCC1)CC2)c1ccco1. The minimum atomic E-state index is -3.27. The van der Waals surface area contributed by atoms with E-state index in [2.05, 4.69) is 10.3 Å². The first kappa shape index (κ1) is 17.7. The summed E-state index contributed by atoms with van der Waals surface area (Å²) in [6.45, 7) is 0.809. The minimum Gasteiger partial charge on any atom is -0.459 e. The van der Waals surface area contributed by atoms with Crippen LogP contribution in [-0.2, 0) is 23.0 Å². The molecule has 0 atom stereocenters. The van der Waals surface area contributed by atoms with Crippen LogP contribution in [0.25, 0.3) is 0 Å². The third-order valence-electron chi connectivity index (χ3n) is 4.99. The summed E-state index contributed by atoms with van der Waals surface area (Å²) in [6, 6.07) is 3.23. The molecule has 0 bridgehead atoms. The van der Waals surface area contributed by atoms with E-state index in [4.69, 9.17) is 4.42 Å². The molecule has 140 valence electrons. The Kier molecular flexibility index (Phi) is 4.85. The summed E-state index contributed by atoms with van der Waals surface area (Å²) in [7, 11) is -3.27. The normalized spacial score (nSPS) is 19.2. The van der Waals surface area contributed by atoms with Crippen LogP contribution < -0.4 is 5.32 Å². The van der Waals surface area contributed by atoms with Crippen LogP contribution in [-0.4, -0.2) is 35.4 Å². The van der Waals surface area contributed by atoms with E-state index in [9.17, 15) is 13.2 Å². The Bertz CT molecular complexity index is 883. The van der Waals surface area contributed by atoms with E-state index in [1.165, 1.54) is 17.6 Å². The summed E-state index contributed by atoms with van der Waals surface area (Å²) in [4.78, 5) is 17.4. The highest BCUT2D eigenvalue weighted by Gasteiger charge is 2.35. The average Bonchev–Trinajstić information content (AvgIpc) is 3.31.